The van der Waals surface area contributed by atoms with Crippen molar-refractivity contribution in [3.63, 3.8) is 0 Å². The lowest BCUT2D eigenvalue weighted by Crippen LogP contribution is -2.20. The van der Waals surface area contributed by atoms with Gasteiger partial charge in [-0.15, -0.1) is 0 Å². The topological polar surface area (TPSA) is 105 Å². The van der Waals surface area contributed by atoms with Gasteiger partial charge in [-0.05, 0) is 50.3 Å². The van der Waals surface area contributed by atoms with Crippen molar-refractivity contribution in [2.45, 2.75) is 58.4 Å². The van der Waals surface area contributed by atoms with Gasteiger partial charge in [0.15, 0.2) is 0 Å². The summed E-state index contributed by atoms with van der Waals surface area (Å²) in [6.07, 6.45) is 4.55. The number of aliphatic carboxylic acids is 1. The van der Waals surface area contributed by atoms with Crippen LogP contribution in [-0.2, 0) is 17.8 Å². The zero-order valence-electron chi connectivity index (χ0n) is 15.7. The van der Waals surface area contributed by atoms with E-state index in [0.29, 0.717) is 38.1 Å². The molecule has 0 saturated heterocycles. The van der Waals surface area contributed by atoms with Crippen LogP contribution in [-0.4, -0.2) is 32.3 Å². The summed E-state index contributed by atoms with van der Waals surface area (Å²) in [6, 6.07) is 7.80. The number of ether oxygens (including phenoxy) is 1. The van der Waals surface area contributed by atoms with E-state index in [-0.39, 0.29) is 18.0 Å². The van der Waals surface area contributed by atoms with Gasteiger partial charge in [0.1, 0.15) is 5.75 Å². The van der Waals surface area contributed by atoms with Crippen molar-refractivity contribution >= 4 is 5.97 Å². The quantitative estimate of drug-likeness (QED) is 0.493. The second-order valence-corrected chi connectivity index (χ2v) is 6.70. The Kier molecular flexibility index (Phi) is 7.98. The Morgan fingerprint density at radius 1 is 1.19 bits per heavy atom. The first-order chi connectivity index (χ1) is 13.0. The number of imidazole rings is 1. The standard InChI is InChI=1S/C20H28N2O5/c1-15-8-6-9-16(14-15)27-13-7-12-22-17(19(25)21-20(22)26)10-4-2-3-5-11-18(23)24/h6,8-9,14,25H,2-5,7,10-13H2,1H3,(H,21,26)(H,23,24). The number of H-pyrrole nitrogens is 1. The van der Waals surface area contributed by atoms with Gasteiger partial charge in [-0.1, -0.05) is 25.0 Å². The van der Waals surface area contributed by atoms with E-state index in [4.69, 9.17) is 9.84 Å². The van der Waals surface area contributed by atoms with Crippen LogP contribution in [0.4, 0.5) is 0 Å². The molecule has 2 rings (SSSR count). The van der Waals surface area contributed by atoms with E-state index in [1.807, 2.05) is 31.2 Å². The summed E-state index contributed by atoms with van der Waals surface area (Å²) in [5.74, 6) is -0.0500. The van der Waals surface area contributed by atoms with Crippen LogP contribution in [0.2, 0.25) is 0 Å². The van der Waals surface area contributed by atoms with E-state index < -0.39 is 5.97 Å². The number of aromatic hydroxyl groups is 1. The van der Waals surface area contributed by atoms with Gasteiger partial charge >= 0.3 is 11.7 Å². The third kappa shape index (κ3) is 6.84. The van der Waals surface area contributed by atoms with Gasteiger partial charge in [-0.3, -0.25) is 14.3 Å². The number of aryl methyl sites for hydroxylation is 1. The molecule has 0 radical (unpaired) electrons. The van der Waals surface area contributed by atoms with Gasteiger partial charge in [-0.2, -0.15) is 0 Å². The van der Waals surface area contributed by atoms with Crippen molar-refractivity contribution in [1.82, 2.24) is 9.55 Å². The van der Waals surface area contributed by atoms with Gasteiger partial charge in [-0.25, -0.2) is 4.79 Å². The molecule has 1 aromatic carbocycles. The third-order valence-electron chi connectivity index (χ3n) is 4.41. The summed E-state index contributed by atoms with van der Waals surface area (Å²) in [4.78, 5) is 25.0. The fourth-order valence-corrected chi connectivity index (χ4v) is 3.02. The molecule has 1 aromatic heterocycles. The van der Waals surface area contributed by atoms with E-state index in [0.717, 1.165) is 30.6 Å². The van der Waals surface area contributed by atoms with Crippen LogP contribution in [0.15, 0.2) is 29.1 Å². The van der Waals surface area contributed by atoms with Crippen molar-refractivity contribution in [3.05, 3.63) is 46.0 Å². The normalized spacial score (nSPS) is 10.9. The molecule has 0 bridgehead atoms. The zero-order chi connectivity index (χ0) is 19.6. The highest BCUT2D eigenvalue weighted by Crippen LogP contribution is 2.17. The number of nitrogens with zero attached hydrogens (tertiary/aromatic N) is 1. The smallest absolute Gasteiger partial charge is 0.328 e. The summed E-state index contributed by atoms with van der Waals surface area (Å²) in [6.45, 7) is 2.95. The Hall–Kier alpha value is -2.70. The second kappa shape index (κ2) is 10.4. The number of hydrogen-bond donors (Lipinski definition) is 3. The Balaban J connectivity index is 1.78. The summed E-state index contributed by atoms with van der Waals surface area (Å²) in [5.41, 5.74) is 1.42. The maximum Gasteiger partial charge on any atom is 0.328 e. The fraction of sp³-hybridized carbons (Fsp3) is 0.500. The van der Waals surface area contributed by atoms with Crippen LogP contribution in [0, 0.1) is 6.92 Å². The molecule has 0 aliphatic heterocycles. The molecular formula is C20H28N2O5. The summed E-state index contributed by atoms with van der Waals surface area (Å²) < 4.78 is 7.27. The highest BCUT2D eigenvalue weighted by molar-refractivity contribution is 5.66. The molecule has 7 heteroatoms. The minimum Gasteiger partial charge on any atom is -0.494 e. The second-order valence-electron chi connectivity index (χ2n) is 6.70. The Bertz CT molecular complexity index is 794. The van der Waals surface area contributed by atoms with Crippen LogP contribution in [0.25, 0.3) is 0 Å². The lowest BCUT2D eigenvalue weighted by molar-refractivity contribution is -0.137. The monoisotopic (exact) mass is 376 g/mol. The molecule has 0 atom stereocenters. The number of aromatic amines is 1. The number of aromatic nitrogens is 2. The lowest BCUT2D eigenvalue weighted by atomic mass is 10.1. The molecule has 0 amide bonds. The SMILES string of the molecule is Cc1cccc(OCCCn2c(CCCCCCC(=O)O)c(O)[nH]c2=O)c1. The predicted octanol–water partition coefficient (Wildman–Crippen LogP) is 3.24. The van der Waals surface area contributed by atoms with Crippen molar-refractivity contribution in [2.24, 2.45) is 0 Å². The molecule has 1 heterocycles. The summed E-state index contributed by atoms with van der Waals surface area (Å²) in [5, 5.41) is 18.6. The molecule has 27 heavy (non-hydrogen) atoms. The minimum atomic E-state index is -0.778. The zero-order valence-corrected chi connectivity index (χ0v) is 15.7. The molecule has 0 fully saturated rings. The van der Waals surface area contributed by atoms with E-state index in [2.05, 4.69) is 4.98 Å². The van der Waals surface area contributed by atoms with Gasteiger partial charge in [0.2, 0.25) is 5.88 Å². The molecule has 0 aliphatic carbocycles. The number of nitrogens with one attached hydrogen (secondary N) is 1. The Labute approximate surface area is 158 Å². The largest absolute Gasteiger partial charge is 0.494 e. The van der Waals surface area contributed by atoms with Crippen LogP contribution in [0.1, 0.15) is 49.8 Å². The van der Waals surface area contributed by atoms with Crippen LogP contribution >= 0.6 is 0 Å². The Morgan fingerprint density at radius 3 is 2.70 bits per heavy atom. The van der Waals surface area contributed by atoms with Crippen LogP contribution < -0.4 is 10.4 Å². The molecule has 3 N–H and O–H groups in total. The molecule has 7 nitrogen and oxygen atoms in total. The van der Waals surface area contributed by atoms with Gasteiger partial charge < -0.3 is 14.9 Å². The average Bonchev–Trinajstić information content (AvgIpc) is 2.88. The van der Waals surface area contributed by atoms with Crippen LogP contribution in [0.5, 0.6) is 11.6 Å². The number of carboxylic acid groups (broad SMARTS) is 1. The molecule has 0 spiro atoms. The minimum absolute atomic E-state index is 0.0786. The lowest BCUT2D eigenvalue weighted by Gasteiger charge is -2.09. The molecular weight excluding hydrogens is 348 g/mol. The van der Waals surface area contributed by atoms with Gasteiger partial charge in [0.25, 0.3) is 0 Å². The predicted molar refractivity (Wildman–Crippen MR) is 102 cm³/mol. The molecule has 0 aliphatic rings. The van der Waals surface area contributed by atoms with Gasteiger partial charge in [0, 0.05) is 13.0 Å². The number of carboxylic acids is 1. The molecule has 0 unspecified atom stereocenters. The maximum atomic E-state index is 12.0. The van der Waals surface area contributed by atoms with Crippen molar-refractivity contribution in [2.75, 3.05) is 6.61 Å². The number of benzene rings is 1. The summed E-state index contributed by atoms with van der Waals surface area (Å²) in [7, 11) is 0. The van der Waals surface area contributed by atoms with Crippen molar-refractivity contribution < 1.29 is 19.7 Å². The van der Waals surface area contributed by atoms with Crippen molar-refractivity contribution in [1.29, 1.82) is 0 Å². The molecule has 0 saturated carbocycles. The number of carbonyl (C=O) groups is 1. The molecule has 148 valence electrons. The highest BCUT2D eigenvalue weighted by Gasteiger charge is 2.13. The van der Waals surface area contributed by atoms with E-state index in [9.17, 15) is 14.7 Å². The van der Waals surface area contributed by atoms with E-state index in [1.165, 1.54) is 0 Å². The highest BCUT2D eigenvalue weighted by atomic mass is 16.5. The molecule has 2 aromatic rings. The van der Waals surface area contributed by atoms with E-state index >= 15 is 0 Å². The van der Waals surface area contributed by atoms with E-state index in [1.54, 1.807) is 4.57 Å². The Morgan fingerprint density at radius 2 is 1.96 bits per heavy atom. The van der Waals surface area contributed by atoms with Crippen molar-refractivity contribution in [3.8, 4) is 11.6 Å². The summed E-state index contributed by atoms with van der Waals surface area (Å²) >= 11 is 0. The first-order valence-electron chi connectivity index (χ1n) is 9.39. The fourth-order valence-electron chi connectivity index (χ4n) is 3.02. The first-order valence-corrected chi connectivity index (χ1v) is 9.39. The maximum absolute atomic E-state index is 12.0. The first kappa shape index (κ1) is 20.6. The average molecular weight is 376 g/mol. The number of hydrogen-bond acceptors (Lipinski definition) is 4. The van der Waals surface area contributed by atoms with Gasteiger partial charge in [0.05, 0.1) is 12.3 Å². The number of rotatable bonds is 12. The number of unbranched alkanes of at least 4 members (excludes halogenated alkanes) is 3. The van der Waals surface area contributed by atoms with Crippen LogP contribution in [0.3, 0.4) is 0 Å². The third-order valence-corrected chi connectivity index (χ3v) is 4.41.